The van der Waals surface area contributed by atoms with Crippen LogP contribution >= 0.6 is 0 Å². The molecule has 1 rings (SSSR count). The number of nitrogens with zero attached hydrogens (tertiary/aromatic N) is 1. The van der Waals surface area contributed by atoms with E-state index in [1.807, 2.05) is 0 Å². The van der Waals surface area contributed by atoms with Crippen molar-refractivity contribution in [1.82, 2.24) is 0 Å². The summed E-state index contributed by atoms with van der Waals surface area (Å²) in [6.07, 6.45) is 0. The molecule has 2 N–H and O–H groups in total. The Hall–Kier alpha value is -1.86. The van der Waals surface area contributed by atoms with Crippen molar-refractivity contribution in [3.8, 4) is 6.07 Å². The third-order valence-corrected chi connectivity index (χ3v) is 1.91. The van der Waals surface area contributed by atoms with Crippen molar-refractivity contribution < 1.29 is 15.0 Å². The van der Waals surface area contributed by atoms with Gasteiger partial charge in [-0.1, -0.05) is 6.07 Å². The summed E-state index contributed by atoms with van der Waals surface area (Å²) >= 11 is 0. The van der Waals surface area contributed by atoms with Gasteiger partial charge < -0.3 is 10.2 Å². The normalized spacial score (nSPS) is 9.50. The van der Waals surface area contributed by atoms with Gasteiger partial charge in [0.25, 0.3) is 0 Å². The van der Waals surface area contributed by atoms with E-state index < -0.39 is 5.97 Å². The van der Waals surface area contributed by atoms with Crippen molar-refractivity contribution in [2.75, 3.05) is 0 Å². The number of hydrogen-bond acceptors (Lipinski definition) is 3. The molecule has 0 fully saturated rings. The van der Waals surface area contributed by atoms with Gasteiger partial charge in [0.1, 0.15) is 6.07 Å². The number of carbonyl (C=O) groups is 1. The zero-order valence-electron chi connectivity index (χ0n) is 7.61. The van der Waals surface area contributed by atoms with Crippen molar-refractivity contribution in [2.24, 2.45) is 0 Å². The van der Waals surface area contributed by atoms with Gasteiger partial charge in [-0.15, -0.1) is 0 Å². The van der Waals surface area contributed by atoms with E-state index in [-0.39, 0.29) is 17.7 Å². The maximum atomic E-state index is 10.8. The molecule has 0 aliphatic carbocycles. The monoisotopic (exact) mass is 191 g/mol. The molecule has 0 aromatic heterocycles. The van der Waals surface area contributed by atoms with Crippen LogP contribution in [0.4, 0.5) is 0 Å². The number of aliphatic hydroxyl groups is 1. The molecule has 0 aliphatic rings. The highest BCUT2D eigenvalue weighted by Crippen LogP contribution is 2.16. The van der Waals surface area contributed by atoms with E-state index in [0.717, 1.165) is 0 Å². The predicted octanol–water partition coefficient (Wildman–Crippen LogP) is 1.06. The second-order valence-corrected chi connectivity index (χ2v) is 2.91. The standard InChI is InChI=1S/C10H9NO3/c1-6-2-7(5-12)3-8(4-11)9(6)10(13)14/h2-3,12H,5H2,1H3,(H,13,14). The van der Waals surface area contributed by atoms with Gasteiger partial charge in [-0.05, 0) is 24.1 Å². The van der Waals surface area contributed by atoms with Gasteiger partial charge in [0.2, 0.25) is 0 Å². The van der Waals surface area contributed by atoms with E-state index in [2.05, 4.69) is 0 Å². The number of carboxylic acids is 1. The number of hydrogen-bond donors (Lipinski definition) is 2. The van der Waals surface area contributed by atoms with Gasteiger partial charge in [-0.3, -0.25) is 0 Å². The lowest BCUT2D eigenvalue weighted by Gasteiger charge is -2.05. The Balaban J connectivity index is 3.44. The lowest BCUT2D eigenvalue weighted by atomic mass is 9.99. The zero-order valence-corrected chi connectivity index (χ0v) is 7.61. The molecule has 0 amide bonds. The molecule has 0 spiro atoms. The van der Waals surface area contributed by atoms with Crippen molar-refractivity contribution in [1.29, 1.82) is 5.26 Å². The number of nitriles is 1. The van der Waals surface area contributed by atoms with Crippen molar-refractivity contribution >= 4 is 5.97 Å². The fourth-order valence-electron chi connectivity index (χ4n) is 1.33. The van der Waals surface area contributed by atoms with Crippen molar-refractivity contribution in [3.63, 3.8) is 0 Å². The number of aromatic carboxylic acids is 1. The summed E-state index contributed by atoms with van der Waals surface area (Å²) in [5, 5.41) is 26.4. The maximum absolute atomic E-state index is 10.8. The molecule has 0 radical (unpaired) electrons. The molecule has 0 bridgehead atoms. The van der Waals surface area contributed by atoms with Crippen molar-refractivity contribution in [3.05, 3.63) is 34.4 Å². The number of carboxylic acid groups (broad SMARTS) is 1. The zero-order chi connectivity index (χ0) is 10.7. The minimum absolute atomic E-state index is 0.00435. The predicted molar refractivity (Wildman–Crippen MR) is 48.8 cm³/mol. The van der Waals surface area contributed by atoms with E-state index in [9.17, 15) is 4.79 Å². The Labute approximate surface area is 81.0 Å². The van der Waals surface area contributed by atoms with Crippen LogP contribution in [0.15, 0.2) is 12.1 Å². The van der Waals surface area contributed by atoms with Gasteiger partial charge in [0.15, 0.2) is 0 Å². The van der Waals surface area contributed by atoms with E-state index in [1.165, 1.54) is 6.07 Å². The first-order valence-electron chi connectivity index (χ1n) is 3.98. The first kappa shape index (κ1) is 10.2. The SMILES string of the molecule is Cc1cc(CO)cc(C#N)c1C(=O)O. The quantitative estimate of drug-likeness (QED) is 0.732. The van der Waals surface area contributed by atoms with Crippen LogP contribution in [-0.2, 0) is 6.61 Å². The van der Waals surface area contributed by atoms with E-state index >= 15 is 0 Å². The minimum atomic E-state index is -1.12. The van der Waals surface area contributed by atoms with Crippen LogP contribution in [0.3, 0.4) is 0 Å². The number of aryl methyl sites for hydroxylation is 1. The average molecular weight is 191 g/mol. The fourth-order valence-corrected chi connectivity index (χ4v) is 1.33. The third kappa shape index (κ3) is 1.73. The van der Waals surface area contributed by atoms with Gasteiger partial charge in [0, 0.05) is 0 Å². The van der Waals surface area contributed by atoms with Crippen LogP contribution < -0.4 is 0 Å². The second kappa shape index (κ2) is 3.90. The molecule has 4 heteroatoms. The molecule has 4 nitrogen and oxygen atoms in total. The van der Waals surface area contributed by atoms with Crippen LogP contribution in [0, 0.1) is 18.3 Å². The average Bonchev–Trinajstić information content (AvgIpc) is 2.15. The Morgan fingerprint density at radius 3 is 2.64 bits per heavy atom. The molecule has 0 saturated carbocycles. The Morgan fingerprint density at radius 1 is 1.57 bits per heavy atom. The number of aliphatic hydroxyl groups excluding tert-OH is 1. The Bertz CT molecular complexity index is 418. The van der Waals surface area contributed by atoms with Crippen LogP contribution in [0.5, 0.6) is 0 Å². The fraction of sp³-hybridized carbons (Fsp3) is 0.200. The summed E-state index contributed by atoms with van der Waals surface area (Å²) in [4.78, 5) is 10.8. The van der Waals surface area contributed by atoms with Crippen molar-refractivity contribution in [2.45, 2.75) is 13.5 Å². The summed E-state index contributed by atoms with van der Waals surface area (Å²) in [5.74, 6) is -1.12. The molecule has 1 aromatic rings. The smallest absolute Gasteiger partial charge is 0.337 e. The number of benzene rings is 1. The molecular weight excluding hydrogens is 182 g/mol. The highest BCUT2D eigenvalue weighted by molar-refractivity contribution is 5.92. The van der Waals surface area contributed by atoms with Gasteiger partial charge in [-0.2, -0.15) is 5.26 Å². The topological polar surface area (TPSA) is 81.3 Å². The van der Waals surface area contributed by atoms with E-state index in [4.69, 9.17) is 15.5 Å². The van der Waals surface area contributed by atoms with Gasteiger partial charge >= 0.3 is 5.97 Å². The van der Waals surface area contributed by atoms with Crippen LogP contribution in [0.25, 0.3) is 0 Å². The molecule has 0 atom stereocenters. The summed E-state index contributed by atoms with van der Waals surface area (Å²) in [7, 11) is 0. The molecule has 14 heavy (non-hydrogen) atoms. The molecular formula is C10H9NO3. The molecule has 0 saturated heterocycles. The first-order chi connectivity index (χ1) is 6.60. The Morgan fingerprint density at radius 2 is 2.21 bits per heavy atom. The molecule has 0 unspecified atom stereocenters. The lowest BCUT2D eigenvalue weighted by molar-refractivity contribution is 0.0695. The van der Waals surface area contributed by atoms with Crippen LogP contribution in [-0.4, -0.2) is 16.2 Å². The van der Waals surface area contributed by atoms with Crippen LogP contribution in [0.2, 0.25) is 0 Å². The summed E-state index contributed by atoms with van der Waals surface area (Å²) in [6.45, 7) is 1.40. The van der Waals surface area contributed by atoms with E-state index in [0.29, 0.717) is 11.1 Å². The minimum Gasteiger partial charge on any atom is -0.478 e. The summed E-state index contributed by atoms with van der Waals surface area (Å²) in [6, 6.07) is 4.75. The summed E-state index contributed by atoms with van der Waals surface area (Å²) in [5.41, 5.74) is 1.12. The van der Waals surface area contributed by atoms with Gasteiger partial charge in [0.05, 0.1) is 17.7 Å². The lowest BCUT2D eigenvalue weighted by Crippen LogP contribution is -2.04. The molecule has 0 heterocycles. The van der Waals surface area contributed by atoms with Crippen LogP contribution in [0.1, 0.15) is 27.0 Å². The summed E-state index contributed by atoms with van der Waals surface area (Å²) < 4.78 is 0. The van der Waals surface area contributed by atoms with Gasteiger partial charge in [-0.25, -0.2) is 4.79 Å². The second-order valence-electron chi connectivity index (χ2n) is 2.91. The third-order valence-electron chi connectivity index (χ3n) is 1.91. The highest BCUT2D eigenvalue weighted by atomic mass is 16.4. The maximum Gasteiger partial charge on any atom is 0.337 e. The number of rotatable bonds is 2. The first-order valence-corrected chi connectivity index (χ1v) is 3.98. The van der Waals surface area contributed by atoms with E-state index in [1.54, 1.807) is 19.1 Å². The molecule has 72 valence electrons. The largest absolute Gasteiger partial charge is 0.478 e. The highest BCUT2D eigenvalue weighted by Gasteiger charge is 2.13. The Kier molecular flexibility index (Phi) is 2.85. The molecule has 0 aliphatic heterocycles. The molecule has 1 aromatic carbocycles.